The first-order valence-corrected chi connectivity index (χ1v) is 12.6. The van der Waals surface area contributed by atoms with E-state index in [0.29, 0.717) is 18.8 Å². The van der Waals surface area contributed by atoms with Gasteiger partial charge in [-0.25, -0.2) is 21.8 Å². The number of benzene rings is 1. The van der Waals surface area contributed by atoms with Crippen molar-refractivity contribution in [3.05, 3.63) is 48.2 Å². The summed E-state index contributed by atoms with van der Waals surface area (Å²) in [5, 5.41) is 0. The van der Waals surface area contributed by atoms with Gasteiger partial charge in [-0.05, 0) is 42.8 Å². The van der Waals surface area contributed by atoms with Gasteiger partial charge in [0.25, 0.3) is 0 Å². The smallest absolute Gasteiger partial charge is 0.355 e. The van der Waals surface area contributed by atoms with Gasteiger partial charge in [0.1, 0.15) is 5.82 Å². The highest BCUT2D eigenvalue weighted by molar-refractivity contribution is 7.92. The molecule has 170 valence electrons. The molecule has 0 radical (unpaired) electrons. The van der Waals surface area contributed by atoms with Gasteiger partial charge in [-0.2, -0.15) is 17.5 Å². The third-order valence-corrected chi connectivity index (χ3v) is 7.17. The molecule has 31 heavy (non-hydrogen) atoms. The van der Waals surface area contributed by atoms with E-state index in [0.717, 1.165) is 18.5 Å². The molecule has 1 aliphatic rings. The molecule has 1 N–H and O–H groups in total. The van der Waals surface area contributed by atoms with Gasteiger partial charge < -0.3 is 4.90 Å². The average Bonchev–Trinajstić information content (AvgIpc) is 2.93. The molecule has 3 rings (SSSR count). The molecule has 1 saturated heterocycles. The SMILES string of the molecule is CS(=O)(=O)Nc1ccc(S(=O)(=O)N2CCCN(c3ccc(C(F)(F)F)cn3)CC2)cc1. The molecule has 1 aromatic heterocycles. The van der Waals surface area contributed by atoms with Gasteiger partial charge in [0.2, 0.25) is 20.0 Å². The van der Waals surface area contributed by atoms with Crippen LogP contribution < -0.4 is 9.62 Å². The molecule has 0 bridgehead atoms. The van der Waals surface area contributed by atoms with Crippen molar-refractivity contribution < 1.29 is 30.0 Å². The fourth-order valence-electron chi connectivity index (χ4n) is 3.16. The second-order valence-electron chi connectivity index (χ2n) is 7.05. The molecule has 0 aliphatic carbocycles. The fraction of sp³-hybridized carbons (Fsp3) is 0.389. The maximum Gasteiger partial charge on any atom is 0.417 e. The summed E-state index contributed by atoms with van der Waals surface area (Å²) in [6.07, 6.45) is -2.25. The topological polar surface area (TPSA) is 99.7 Å². The first-order chi connectivity index (χ1) is 14.4. The van der Waals surface area contributed by atoms with Crippen LogP contribution in [0, 0.1) is 0 Å². The minimum atomic E-state index is -4.47. The monoisotopic (exact) mass is 478 g/mol. The van der Waals surface area contributed by atoms with E-state index in [9.17, 15) is 30.0 Å². The van der Waals surface area contributed by atoms with Crippen LogP contribution >= 0.6 is 0 Å². The van der Waals surface area contributed by atoms with Gasteiger partial charge in [-0.1, -0.05) is 0 Å². The average molecular weight is 479 g/mol. The zero-order valence-electron chi connectivity index (χ0n) is 16.5. The van der Waals surface area contributed by atoms with E-state index in [2.05, 4.69) is 9.71 Å². The van der Waals surface area contributed by atoms with Gasteiger partial charge in [-0.3, -0.25) is 4.72 Å². The summed E-state index contributed by atoms with van der Waals surface area (Å²) in [6, 6.07) is 7.61. The molecule has 0 amide bonds. The Balaban J connectivity index is 1.71. The Bertz CT molecular complexity index is 1120. The minimum absolute atomic E-state index is 0.0210. The van der Waals surface area contributed by atoms with E-state index in [-0.39, 0.29) is 30.2 Å². The Kier molecular flexibility index (Phi) is 6.48. The van der Waals surface area contributed by atoms with Crippen LogP contribution in [-0.4, -0.2) is 58.6 Å². The van der Waals surface area contributed by atoms with Crippen molar-refractivity contribution in [1.29, 1.82) is 0 Å². The Morgan fingerprint density at radius 3 is 2.16 bits per heavy atom. The number of hydrogen-bond donors (Lipinski definition) is 1. The summed E-state index contributed by atoms with van der Waals surface area (Å²) in [5.41, 5.74) is -0.596. The number of sulfonamides is 2. The Morgan fingerprint density at radius 1 is 0.935 bits per heavy atom. The fourth-order valence-corrected chi connectivity index (χ4v) is 5.20. The number of halogens is 3. The third kappa shape index (κ3) is 5.86. The van der Waals surface area contributed by atoms with E-state index >= 15 is 0 Å². The zero-order chi connectivity index (χ0) is 22.9. The van der Waals surface area contributed by atoms with Crippen molar-refractivity contribution in [3.8, 4) is 0 Å². The predicted octanol–water partition coefficient (Wildman–Crippen LogP) is 2.37. The Morgan fingerprint density at radius 2 is 1.61 bits per heavy atom. The number of nitrogens with one attached hydrogen (secondary N) is 1. The van der Waals surface area contributed by atoms with E-state index < -0.39 is 31.8 Å². The molecular formula is C18H21F3N4O4S2. The van der Waals surface area contributed by atoms with Crippen molar-refractivity contribution in [1.82, 2.24) is 9.29 Å². The highest BCUT2D eigenvalue weighted by Crippen LogP contribution is 2.29. The summed E-state index contributed by atoms with van der Waals surface area (Å²) >= 11 is 0. The minimum Gasteiger partial charge on any atom is -0.355 e. The molecule has 0 unspecified atom stereocenters. The molecular weight excluding hydrogens is 457 g/mol. The molecule has 2 heterocycles. The van der Waals surface area contributed by atoms with Gasteiger partial charge in [0.05, 0.1) is 16.7 Å². The van der Waals surface area contributed by atoms with Gasteiger partial charge in [0, 0.05) is 38.1 Å². The number of nitrogens with zero attached hydrogens (tertiary/aromatic N) is 3. The van der Waals surface area contributed by atoms with E-state index in [1.807, 2.05) is 0 Å². The van der Waals surface area contributed by atoms with Crippen molar-refractivity contribution in [2.45, 2.75) is 17.5 Å². The quantitative estimate of drug-likeness (QED) is 0.709. The lowest BCUT2D eigenvalue weighted by Crippen LogP contribution is -2.35. The highest BCUT2D eigenvalue weighted by atomic mass is 32.2. The van der Waals surface area contributed by atoms with Crippen LogP contribution in [0.1, 0.15) is 12.0 Å². The van der Waals surface area contributed by atoms with Crippen LogP contribution in [-0.2, 0) is 26.2 Å². The summed E-state index contributed by atoms with van der Waals surface area (Å²) in [5.74, 6) is 0.350. The van der Waals surface area contributed by atoms with Crippen molar-refractivity contribution >= 4 is 31.6 Å². The molecule has 1 aromatic carbocycles. The summed E-state index contributed by atoms with van der Waals surface area (Å²) in [7, 11) is -7.30. The lowest BCUT2D eigenvalue weighted by Gasteiger charge is -2.23. The maximum absolute atomic E-state index is 13.0. The number of hydrogen-bond acceptors (Lipinski definition) is 6. The molecule has 0 saturated carbocycles. The summed E-state index contributed by atoms with van der Waals surface area (Å²) in [6.45, 7) is 1.09. The first-order valence-electron chi connectivity index (χ1n) is 9.22. The Labute approximate surface area is 178 Å². The van der Waals surface area contributed by atoms with Crippen LogP contribution in [0.5, 0.6) is 0 Å². The van der Waals surface area contributed by atoms with E-state index in [1.54, 1.807) is 4.90 Å². The lowest BCUT2D eigenvalue weighted by atomic mass is 10.2. The van der Waals surface area contributed by atoms with E-state index in [4.69, 9.17) is 0 Å². The number of aromatic nitrogens is 1. The molecule has 1 fully saturated rings. The van der Waals surface area contributed by atoms with Crippen molar-refractivity contribution in [2.75, 3.05) is 42.1 Å². The summed E-state index contributed by atoms with van der Waals surface area (Å²) < 4.78 is 90.2. The van der Waals surface area contributed by atoms with E-state index in [1.165, 1.54) is 34.6 Å². The maximum atomic E-state index is 13.0. The normalized spacial score (nSPS) is 16.7. The molecule has 0 spiro atoms. The first kappa shape index (κ1) is 23.3. The number of anilines is 2. The van der Waals surface area contributed by atoms with Gasteiger partial charge >= 0.3 is 6.18 Å². The highest BCUT2D eigenvalue weighted by Gasteiger charge is 2.31. The van der Waals surface area contributed by atoms with Crippen LogP contribution in [0.4, 0.5) is 24.7 Å². The molecule has 1 aliphatic heterocycles. The van der Waals surface area contributed by atoms with Gasteiger partial charge in [0.15, 0.2) is 0 Å². The summed E-state index contributed by atoms with van der Waals surface area (Å²) in [4.78, 5) is 5.64. The molecule has 0 atom stereocenters. The molecule has 2 aromatic rings. The van der Waals surface area contributed by atoms with Crippen LogP contribution in [0.2, 0.25) is 0 Å². The predicted molar refractivity (Wildman–Crippen MR) is 110 cm³/mol. The second-order valence-corrected chi connectivity index (χ2v) is 10.7. The van der Waals surface area contributed by atoms with Gasteiger partial charge in [-0.15, -0.1) is 0 Å². The number of pyridine rings is 1. The zero-order valence-corrected chi connectivity index (χ0v) is 18.1. The van der Waals surface area contributed by atoms with Crippen molar-refractivity contribution in [3.63, 3.8) is 0 Å². The largest absolute Gasteiger partial charge is 0.417 e. The molecule has 13 heteroatoms. The lowest BCUT2D eigenvalue weighted by molar-refractivity contribution is -0.137. The van der Waals surface area contributed by atoms with Crippen molar-refractivity contribution in [2.24, 2.45) is 0 Å². The third-order valence-electron chi connectivity index (χ3n) is 4.65. The van der Waals surface area contributed by atoms with Crippen LogP contribution in [0.25, 0.3) is 0 Å². The molecule has 8 nitrogen and oxygen atoms in total. The Hall–Kier alpha value is -2.38. The number of alkyl halides is 3. The standard InChI is InChI=1S/C18H21F3N4O4S2/c1-30(26,27)23-15-4-6-16(7-5-15)31(28,29)25-10-2-9-24(11-12-25)17-8-3-14(13-22-17)18(19,20)21/h3-8,13,23H,2,9-12H2,1H3. The van der Waals surface area contributed by atoms with Crippen LogP contribution in [0.3, 0.4) is 0 Å². The second kappa shape index (κ2) is 8.63. The van der Waals surface area contributed by atoms with Crippen LogP contribution in [0.15, 0.2) is 47.5 Å². The number of rotatable bonds is 5.